The van der Waals surface area contributed by atoms with Crippen LogP contribution in [-0.2, 0) is 0 Å². The molecule has 0 bridgehead atoms. The van der Waals surface area contributed by atoms with Gasteiger partial charge in [-0.25, -0.2) is 4.98 Å². The number of fused-ring (bicyclic) bond motifs is 1. The largest absolute Gasteiger partial charge is 0.341 e. The minimum Gasteiger partial charge on any atom is -0.341 e. The van der Waals surface area contributed by atoms with Crippen molar-refractivity contribution in [2.24, 2.45) is 0 Å². The molecule has 4 heteroatoms. The highest BCUT2D eigenvalue weighted by Crippen LogP contribution is 2.22. The van der Waals surface area contributed by atoms with Gasteiger partial charge in [0, 0.05) is 26.2 Å². The maximum absolute atomic E-state index is 4.74. The van der Waals surface area contributed by atoms with Gasteiger partial charge in [0.25, 0.3) is 0 Å². The number of benzene rings is 1. The highest BCUT2D eigenvalue weighted by atomic mass is 15.3. The van der Waals surface area contributed by atoms with Gasteiger partial charge >= 0.3 is 0 Å². The van der Waals surface area contributed by atoms with Crippen molar-refractivity contribution < 1.29 is 0 Å². The Hall–Kier alpha value is -1.39. The first-order chi connectivity index (χ1) is 9.13. The molecule has 0 saturated carbocycles. The van der Waals surface area contributed by atoms with Crippen LogP contribution in [0.15, 0.2) is 18.2 Å². The lowest BCUT2D eigenvalue weighted by molar-refractivity contribution is 0.116. The van der Waals surface area contributed by atoms with Gasteiger partial charge in [-0.05, 0) is 38.6 Å². The minimum atomic E-state index is 0.362. The van der Waals surface area contributed by atoms with Crippen LogP contribution in [-0.4, -0.2) is 53.0 Å². The summed E-state index contributed by atoms with van der Waals surface area (Å²) in [5, 5.41) is 0. The summed E-state index contributed by atoms with van der Waals surface area (Å²) in [7, 11) is 2.19. The van der Waals surface area contributed by atoms with Crippen LogP contribution in [0.25, 0.3) is 11.0 Å². The molecule has 0 aliphatic carbocycles. The molecule has 1 atom stereocenters. The molecule has 1 aromatic carbocycles. The minimum absolute atomic E-state index is 0.362. The van der Waals surface area contributed by atoms with Crippen LogP contribution in [0.1, 0.15) is 24.4 Å². The molecular weight excluding hydrogens is 236 g/mol. The van der Waals surface area contributed by atoms with Crippen molar-refractivity contribution in [2.75, 3.05) is 33.2 Å². The standard InChI is InChI=1S/C15H22N4/c1-11-4-5-13-14(10-11)17-15(16-13)12(2)19-8-6-18(3)7-9-19/h4-5,10,12H,6-9H2,1-3H3,(H,16,17). The molecule has 1 aromatic heterocycles. The third kappa shape index (κ3) is 2.51. The van der Waals surface area contributed by atoms with E-state index in [1.807, 2.05) is 0 Å². The number of aromatic nitrogens is 2. The van der Waals surface area contributed by atoms with Gasteiger partial charge in [0.15, 0.2) is 0 Å². The predicted octanol–water partition coefficient (Wildman–Crippen LogP) is 2.18. The molecular formula is C15H22N4. The van der Waals surface area contributed by atoms with Gasteiger partial charge in [0.1, 0.15) is 5.82 Å². The molecule has 0 amide bonds. The number of aromatic amines is 1. The Labute approximate surface area is 114 Å². The fourth-order valence-electron chi connectivity index (χ4n) is 2.72. The Morgan fingerprint density at radius 1 is 1.21 bits per heavy atom. The second-order valence-electron chi connectivity index (χ2n) is 5.66. The van der Waals surface area contributed by atoms with Crippen LogP contribution in [0.4, 0.5) is 0 Å². The number of likely N-dealkylation sites (N-methyl/N-ethyl adjacent to an activating group) is 1. The van der Waals surface area contributed by atoms with E-state index in [9.17, 15) is 0 Å². The van der Waals surface area contributed by atoms with Crippen molar-refractivity contribution in [1.82, 2.24) is 19.8 Å². The van der Waals surface area contributed by atoms with Crippen LogP contribution in [0.5, 0.6) is 0 Å². The third-order valence-electron chi connectivity index (χ3n) is 4.14. The lowest BCUT2D eigenvalue weighted by atomic mass is 10.2. The summed E-state index contributed by atoms with van der Waals surface area (Å²) in [5.74, 6) is 1.09. The van der Waals surface area contributed by atoms with Gasteiger partial charge < -0.3 is 9.88 Å². The Kier molecular flexibility index (Phi) is 3.29. The van der Waals surface area contributed by atoms with Gasteiger partial charge in [-0.2, -0.15) is 0 Å². The maximum atomic E-state index is 4.74. The van der Waals surface area contributed by atoms with Crippen LogP contribution in [0.3, 0.4) is 0 Å². The van der Waals surface area contributed by atoms with Crippen LogP contribution < -0.4 is 0 Å². The van der Waals surface area contributed by atoms with Crippen molar-refractivity contribution in [3.63, 3.8) is 0 Å². The molecule has 3 rings (SSSR count). The van der Waals surface area contributed by atoms with E-state index in [1.165, 1.54) is 5.56 Å². The summed E-state index contributed by atoms with van der Waals surface area (Å²) in [6.07, 6.45) is 0. The first kappa shape index (κ1) is 12.6. The smallest absolute Gasteiger partial charge is 0.124 e. The van der Waals surface area contributed by atoms with Gasteiger partial charge in [-0.3, -0.25) is 4.90 Å². The van der Waals surface area contributed by atoms with Crippen molar-refractivity contribution in [1.29, 1.82) is 0 Å². The van der Waals surface area contributed by atoms with E-state index in [0.29, 0.717) is 6.04 Å². The summed E-state index contributed by atoms with van der Waals surface area (Å²) >= 11 is 0. The molecule has 1 fully saturated rings. The van der Waals surface area contributed by atoms with E-state index in [1.54, 1.807) is 0 Å². The lowest BCUT2D eigenvalue weighted by Gasteiger charge is -2.35. The number of piperazine rings is 1. The van der Waals surface area contributed by atoms with E-state index in [2.05, 4.69) is 53.9 Å². The van der Waals surface area contributed by atoms with Crippen molar-refractivity contribution in [3.8, 4) is 0 Å². The Morgan fingerprint density at radius 3 is 2.68 bits per heavy atom. The fourth-order valence-corrected chi connectivity index (χ4v) is 2.72. The van der Waals surface area contributed by atoms with E-state index in [-0.39, 0.29) is 0 Å². The number of imidazole rings is 1. The van der Waals surface area contributed by atoms with Gasteiger partial charge in [0.05, 0.1) is 17.1 Å². The van der Waals surface area contributed by atoms with Crippen LogP contribution in [0.2, 0.25) is 0 Å². The Balaban J connectivity index is 1.83. The first-order valence-electron chi connectivity index (χ1n) is 7.02. The summed E-state index contributed by atoms with van der Waals surface area (Å²) in [4.78, 5) is 13.1. The monoisotopic (exact) mass is 258 g/mol. The second-order valence-corrected chi connectivity index (χ2v) is 5.66. The van der Waals surface area contributed by atoms with Crippen LogP contribution in [0, 0.1) is 6.92 Å². The second kappa shape index (κ2) is 4.94. The number of nitrogens with one attached hydrogen (secondary N) is 1. The number of H-pyrrole nitrogens is 1. The van der Waals surface area contributed by atoms with Gasteiger partial charge in [-0.15, -0.1) is 0 Å². The molecule has 102 valence electrons. The molecule has 0 spiro atoms. The molecule has 4 nitrogen and oxygen atoms in total. The zero-order chi connectivity index (χ0) is 13.4. The molecule has 2 heterocycles. The summed E-state index contributed by atoms with van der Waals surface area (Å²) < 4.78 is 0. The highest BCUT2D eigenvalue weighted by molar-refractivity contribution is 5.75. The quantitative estimate of drug-likeness (QED) is 0.896. The lowest BCUT2D eigenvalue weighted by Crippen LogP contribution is -2.45. The number of hydrogen-bond donors (Lipinski definition) is 1. The average molecular weight is 258 g/mol. The average Bonchev–Trinajstić information content (AvgIpc) is 2.81. The Morgan fingerprint density at radius 2 is 1.95 bits per heavy atom. The molecule has 0 radical (unpaired) electrons. The predicted molar refractivity (Wildman–Crippen MR) is 78.3 cm³/mol. The van der Waals surface area contributed by atoms with Crippen LogP contribution >= 0.6 is 0 Å². The summed E-state index contributed by atoms with van der Waals surface area (Å²) in [6, 6.07) is 6.75. The van der Waals surface area contributed by atoms with Gasteiger partial charge in [-0.1, -0.05) is 6.07 Å². The van der Waals surface area contributed by atoms with Crippen molar-refractivity contribution in [3.05, 3.63) is 29.6 Å². The normalized spacial score (nSPS) is 19.9. The molecule has 1 unspecified atom stereocenters. The molecule has 19 heavy (non-hydrogen) atoms. The summed E-state index contributed by atoms with van der Waals surface area (Å²) in [6.45, 7) is 8.88. The van der Waals surface area contributed by atoms with E-state index >= 15 is 0 Å². The zero-order valence-electron chi connectivity index (χ0n) is 12.0. The summed E-state index contributed by atoms with van der Waals surface area (Å²) in [5.41, 5.74) is 3.49. The first-order valence-corrected chi connectivity index (χ1v) is 7.02. The van der Waals surface area contributed by atoms with Crippen molar-refractivity contribution >= 4 is 11.0 Å². The maximum Gasteiger partial charge on any atom is 0.124 e. The molecule has 2 aromatic rings. The molecule has 1 N–H and O–H groups in total. The number of nitrogens with zero attached hydrogens (tertiary/aromatic N) is 3. The van der Waals surface area contributed by atoms with E-state index in [0.717, 1.165) is 43.0 Å². The van der Waals surface area contributed by atoms with E-state index < -0.39 is 0 Å². The molecule has 1 aliphatic heterocycles. The SMILES string of the molecule is Cc1ccc2nc(C(C)N3CCN(C)CC3)[nH]c2c1. The van der Waals surface area contributed by atoms with Crippen molar-refractivity contribution in [2.45, 2.75) is 19.9 Å². The van der Waals surface area contributed by atoms with Gasteiger partial charge in [0.2, 0.25) is 0 Å². The highest BCUT2D eigenvalue weighted by Gasteiger charge is 2.22. The fraction of sp³-hybridized carbons (Fsp3) is 0.533. The Bertz CT molecular complexity index is 567. The topological polar surface area (TPSA) is 35.2 Å². The van der Waals surface area contributed by atoms with E-state index in [4.69, 9.17) is 4.98 Å². The molecule has 1 aliphatic rings. The number of aryl methyl sites for hydroxylation is 1. The number of hydrogen-bond acceptors (Lipinski definition) is 3. The molecule has 1 saturated heterocycles. The third-order valence-corrected chi connectivity index (χ3v) is 4.14. The number of rotatable bonds is 2. The zero-order valence-corrected chi connectivity index (χ0v) is 12.0.